The summed E-state index contributed by atoms with van der Waals surface area (Å²) in [7, 11) is 0. The van der Waals surface area contributed by atoms with E-state index < -0.39 is 11.8 Å². The van der Waals surface area contributed by atoms with Crippen LogP contribution in [0.15, 0.2) is 58.3 Å². The Kier molecular flexibility index (Phi) is 5.53. The standard InChI is InChI=1S/C21H19N5O3S/c1-12-17(13(2)29-26-12)11-30-21-15(7-5-9-22-21)19(27)24-25-20(28)16-10-23-18-8-4-3-6-14(16)18/h3-10,23H,11H2,1-2H3,(H,24,27)(H,25,28). The van der Waals surface area contributed by atoms with E-state index in [1.165, 1.54) is 11.8 Å². The van der Waals surface area contributed by atoms with Gasteiger partial charge in [0.2, 0.25) is 0 Å². The highest BCUT2D eigenvalue weighted by molar-refractivity contribution is 7.98. The molecule has 0 unspecified atom stereocenters. The number of hydrazine groups is 1. The number of amides is 2. The van der Waals surface area contributed by atoms with E-state index in [1.807, 2.05) is 38.1 Å². The minimum atomic E-state index is -0.447. The number of fused-ring (bicyclic) bond motifs is 1. The Morgan fingerprint density at radius 2 is 1.83 bits per heavy atom. The topological polar surface area (TPSA) is 113 Å². The Hall–Kier alpha value is -3.59. The third-order valence-corrected chi connectivity index (χ3v) is 5.71. The Morgan fingerprint density at radius 3 is 2.60 bits per heavy atom. The highest BCUT2D eigenvalue weighted by Crippen LogP contribution is 2.27. The van der Waals surface area contributed by atoms with Crippen molar-refractivity contribution in [2.75, 3.05) is 0 Å². The molecular formula is C21H19N5O3S. The number of aromatic nitrogens is 3. The monoisotopic (exact) mass is 421 g/mol. The predicted molar refractivity (Wildman–Crippen MR) is 113 cm³/mol. The van der Waals surface area contributed by atoms with Crippen molar-refractivity contribution in [1.29, 1.82) is 0 Å². The van der Waals surface area contributed by atoms with Gasteiger partial charge in [-0.15, -0.1) is 11.8 Å². The Labute approximate surface area is 176 Å². The van der Waals surface area contributed by atoms with Gasteiger partial charge in [0, 0.05) is 34.6 Å². The summed E-state index contributed by atoms with van der Waals surface area (Å²) >= 11 is 1.41. The molecule has 4 aromatic rings. The number of benzene rings is 1. The number of hydrogen-bond acceptors (Lipinski definition) is 6. The molecule has 0 fully saturated rings. The van der Waals surface area contributed by atoms with Crippen LogP contribution in [0.1, 0.15) is 37.7 Å². The van der Waals surface area contributed by atoms with Crippen molar-refractivity contribution in [2.24, 2.45) is 0 Å². The second-order valence-corrected chi connectivity index (χ2v) is 7.57. The molecule has 0 spiro atoms. The van der Waals surface area contributed by atoms with Gasteiger partial charge >= 0.3 is 0 Å². The summed E-state index contributed by atoms with van der Waals surface area (Å²) in [4.78, 5) is 32.5. The highest BCUT2D eigenvalue weighted by Gasteiger charge is 2.17. The summed E-state index contributed by atoms with van der Waals surface area (Å²) in [6.45, 7) is 3.72. The lowest BCUT2D eigenvalue weighted by atomic mass is 10.2. The van der Waals surface area contributed by atoms with Gasteiger partial charge in [0.25, 0.3) is 11.8 Å². The molecule has 152 valence electrons. The minimum absolute atomic E-state index is 0.369. The molecule has 1 aromatic carbocycles. The first kappa shape index (κ1) is 19.7. The third-order valence-electron chi connectivity index (χ3n) is 4.67. The average molecular weight is 421 g/mol. The van der Waals surface area contributed by atoms with Crippen molar-refractivity contribution < 1.29 is 14.1 Å². The second kappa shape index (κ2) is 8.42. The summed E-state index contributed by atoms with van der Waals surface area (Å²) in [5, 5.41) is 5.27. The molecule has 0 aliphatic heterocycles. The molecule has 0 atom stereocenters. The number of nitrogens with zero attached hydrogens (tertiary/aromatic N) is 2. The molecule has 0 aliphatic carbocycles. The number of rotatable bonds is 5. The van der Waals surface area contributed by atoms with E-state index in [0.717, 1.165) is 27.9 Å². The SMILES string of the molecule is Cc1noc(C)c1CSc1ncccc1C(=O)NNC(=O)c1c[nH]c2ccccc12. The summed E-state index contributed by atoms with van der Waals surface area (Å²) in [5.74, 6) is 0.459. The number of thioether (sulfide) groups is 1. The fourth-order valence-corrected chi connectivity index (χ4v) is 4.18. The zero-order valence-corrected chi connectivity index (χ0v) is 17.2. The van der Waals surface area contributed by atoms with Crippen LogP contribution in [0.25, 0.3) is 10.9 Å². The van der Waals surface area contributed by atoms with E-state index in [2.05, 4.69) is 26.0 Å². The second-order valence-electron chi connectivity index (χ2n) is 6.60. The van der Waals surface area contributed by atoms with Crippen LogP contribution in [-0.4, -0.2) is 26.9 Å². The van der Waals surface area contributed by atoms with E-state index in [-0.39, 0.29) is 0 Å². The Balaban J connectivity index is 1.44. The first-order chi connectivity index (χ1) is 14.5. The van der Waals surface area contributed by atoms with Crippen LogP contribution in [-0.2, 0) is 5.75 Å². The van der Waals surface area contributed by atoms with E-state index in [1.54, 1.807) is 24.5 Å². The minimum Gasteiger partial charge on any atom is -0.361 e. The lowest BCUT2D eigenvalue weighted by Gasteiger charge is -2.10. The van der Waals surface area contributed by atoms with E-state index >= 15 is 0 Å². The molecule has 4 rings (SSSR count). The molecule has 0 saturated carbocycles. The highest BCUT2D eigenvalue weighted by atomic mass is 32.2. The van der Waals surface area contributed by atoms with E-state index in [4.69, 9.17) is 4.52 Å². The van der Waals surface area contributed by atoms with Crippen molar-refractivity contribution in [3.8, 4) is 0 Å². The van der Waals surface area contributed by atoms with Crippen LogP contribution in [0, 0.1) is 13.8 Å². The summed E-state index contributed by atoms with van der Waals surface area (Å²) in [5.41, 5.74) is 8.40. The molecule has 3 N–H and O–H groups in total. The number of aryl methyl sites for hydroxylation is 2. The van der Waals surface area contributed by atoms with Gasteiger partial charge in [-0.2, -0.15) is 0 Å². The van der Waals surface area contributed by atoms with Gasteiger partial charge in [-0.3, -0.25) is 20.4 Å². The van der Waals surface area contributed by atoms with Gasteiger partial charge in [-0.1, -0.05) is 23.4 Å². The molecule has 2 amide bonds. The lowest BCUT2D eigenvalue weighted by Crippen LogP contribution is -2.41. The van der Waals surface area contributed by atoms with Gasteiger partial charge < -0.3 is 9.51 Å². The number of para-hydroxylation sites is 1. The molecule has 0 radical (unpaired) electrons. The number of H-pyrrole nitrogens is 1. The molecule has 3 aromatic heterocycles. The van der Waals surface area contributed by atoms with Crippen LogP contribution in [0.4, 0.5) is 0 Å². The molecule has 8 nitrogen and oxygen atoms in total. The maximum atomic E-state index is 12.7. The number of hydrogen-bond donors (Lipinski definition) is 3. The summed E-state index contributed by atoms with van der Waals surface area (Å²) < 4.78 is 5.18. The third kappa shape index (κ3) is 3.92. The smallest absolute Gasteiger partial charge is 0.272 e. The van der Waals surface area contributed by atoms with Crippen LogP contribution in [0.2, 0.25) is 0 Å². The first-order valence-corrected chi connectivity index (χ1v) is 10.2. The van der Waals surface area contributed by atoms with Crippen LogP contribution < -0.4 is 10.9 Å². The number of carbonyl (C=O) groups excluding carboxylic acids is 2. The quantitative estimate of drug-likeness (QED) is 0.336. The fourth-order valence-electron chi connectivity index (χ4n) is 3.03. The first-order valence-electron chi connectivity index (χ1n) is 9.21. The molecule has 0 aliphatic rings. The van der Waals surface area contributed by atoms with Gasteiger partial charge in [0.1, 0.15) is 10.8 Å². The molecule has 3 heterocycles. The van der Waals surface area contributed by atoms with Gasteiger partial charge in [0.05, 0.1) is 16.8 Å². The zero-order valence-electron chi connectivity index (χ0n) is 16.4. The average Bonchev–Trinajstić information content (AvgIpc) is 3.33. The molecule has 30 heavy (non-hydrogen) atoms. The molecule has 0 bridgehead atoms. The predicted octanol–water partition coefficient (Wildman–Crippen LogP) is 3.53. The largest absolute Gasteiger partial charge is 0.361 e. The fraction of sp³-hybridized carbons (Fsp3) is 0.143. The van der Waals surface area contributed by atoms with Crippen LogP contribution in [0.5, 0.6) is 0 Å². The van der Waals surface area contributed by atoms with Crippen LogP contribution in [0.3, 0.4) is 0 Å². The van der Waals surface area contributed by atoms with Crippen LogP contribution >= 0.6 is 11.8 Å². The summed E-state index contributed by atoms with van der Waals surface area (Å²) in [6.07, 6.45) is 3.23. The number of aromatic amines is 1. The Bertz CT molecular complexity index is 1210. The van der Waals surface area contributed by atoms with Crippen molar-refractivity contribution in [2.45, 2.75) is 24.6 Å². The van der Waals surface area contributed by atoms with Gasteiger partial charge in [-0.25, -0.2) is 4.98 Å². The Morgan fingerprint density at radius 1 is 1.07 bits per heavy atom. The maximum absolute atomic E-state index is 12.7. The molecular weight excluding hydrogens is 402 g/mol. The maximum Gasteiger partial charge on any atom is 0.272 e. The van der Waals surface area contributed by atoms with Crippen molar-refractivity contribution in [1.82, 2.24) is 26.0 Å². The number of pyridine rings is 1. The summed E-state index contributed by atoms with van der Waals surface area (Å²) in [6, 6.07) is 10.8. The zero-order chi connectivity index (χ0) is 21.1. The van der Waals surface area contributed by atoms with E-state index in [9.17, 15) is 9.59 Å². The van der Waals surface area contributed by atoms with Gasteiger partial charge in [0.15, 0.2) is 0 Å². The lowest BCUT2D eigenvalue weighted by molar-refractivity contribution is 0.0845. The molecule has 9 heteroatoms. The molecule has 0 saturated heterocycles. The number of nitrogens with one attached hydrogen (secondary N) is 3. The van der Waals surface area contributed by atoms with Crippen molar-refractivity contribution >= 4 is 34.5 Å². The number of carbonyl (C=O) groups is 2. The van der Waals surface area contributed by atoms with Crippen molar-refractivity contribution in [3.05, 3.63) is 76.9 Å². The van der Waals surface area contributed by atoms with E-state index in [0.29, 0.717) is 21.9 Å². The van der Waals surface area contributed by atoms with Crippen molar-refractivity contribution in [3.63, 3.8) is 0 Å². The normalized spacial score (nSPS) is 10.9. The van der Waals surface area contributed by atoms with Gasteiger partial charge in [-0.05, 0) is 32.0 Å².